The largest absolute Gasteiger partial charge is 0.326 e. The summed E-state index contributed by atoms with van der Waals surface area (Å²) in [6, 6.07) is 3.89. The lowest BCUT2D eigenvalue weighted by Crippen LogP contribution is -2.32. The molecule has 2 rings (SSSR count). The van der Waals surface area contributed by atoms with E-state index >= 15 is 0 Å². The monoisotopic (exact) mass is 282 g/mol. The standard InChI is InChI=1S/C11H15BrN4/c1-11(2,13)5-3-9-14-10-7-8(12)4-6-16(10)15-9/h4,6-7H,3,5,13H2,1-2H3. The van der Waals surface area contributed by atoms with E-state index in [1.807, 2.05) is 32.2 Å². The van der Waals surface area contributed by atoms with Crippen LogP contribution in [0.15, 0.2) is 22.8 Å². The van der Waals surface area contributed by atoms with Crippen molar-refractivity contribution in [2.45, 2.75) is 32.2 Å². The van der Waals surface area contributed by atoms with Crippen molar-refractivity contribution in [2.24, 2.45) is 5.73 Å². The Labute approximate surface area is 103 Å². The van der Waals surface area contributed by atoms with Crippen molar-refractivity contribution in [2.75, 3.05) is 0 Å². The van der Waals surface area contributed by atoms with Crippen LogP contribution in [0, 0.1) is 0 Å². The second-order valence-electron chi connectivity index (χ2n) is 4.66. The lowest BCUT2D eigenvalue weighted by Gasteiger charge is -2.16. The molecule has 0 atom stereocenters. The molecule has 0 fully saturated rings. The third-order valence-corrected chi connectivity index (χ3v) is 2.83. The number of aryl methyl sites for hydroxylation is 1. The van der Waals surface area contributed by atoms with Gasteiger partial charge in [-0.1, -0.05) is 15.9 Å². The predicted octanol–water partition coefficient (Wildman–Crippen LogP) is 2.16. The minimum atomic E-state index is -0.169. The first-order valence-corrected chi connectivity index (χ1v) is 6.03. The second kappa shape index (κ2) is 4.14. The van der Waals surface area contributed by atoms with Crippen LogP contribution in [0.3, 0.4) is 0 Å². The Hall–Kier alpha value is -0.940. The zero-order chi connectivity index (χ0) is 11.8. The van der Waals surface area contributed by atoms with Crippen LogP contribution in [-0.2, 0) is 6.42 Å². The highest BCUT2D eigenvalue weighted by Crippen LogP contribution is 2.13. The summed E-state index contributed by atoms with van der Waals surface area (Å²) >= 11 is 3.41. The van der Waals surface area contributed by atoms with Crippen molar-refractivity contribution in [3.63, 3.8) is 0 Å². The van der Waals surface area contributed by atoms with Gasteiger partial charge >= 0.3 is 0 Å². The molecule has 0 unspecified atom stereocenters. The molecule has 0 aliphatic heterocycles. The minimum absolute atomic E-state index is 0.169. The van der Waals surface area contributed by atoms with Gasteiger partial charge in [0.05, 0.1) is 0 Å². The van der Waals surface area contributed by atoms with Gasteiger partial charge in [0, 0.05) is 22.6 Å². The normalized spacial score (nSPS) is 12.2. The highest BCUT2D eigenvalue weighted by molar-refractivity contribution is 9.10. The predicted molar refractivity (Wildman–Crippen MR) is 67.3 cm³/mol. The molecule has 5 heteroatoms. The Kier molecular flexibility index (Phi) is 2.99. The summed E-state index contributed by atoms with van der Waals surface area (Å²) in [4.78, 5) is 4.44. The zero-order valence-corrected chi connectivity index (χ0v) is 11.0. The Balaban J connectivity index is 2.20. The number of hydrogen-bond acceptors (Lipinski definition) is 3. The fraction of sp³-hybridized carbons (Fsp3) is 0.455. The van der Waals surface area contributed by atoms with Gasteiger partial charge in [-0.2, -0.15) is 5.10 Å². The summed E-state index contributed by atoms with van der Waals surface area (Å²) in [5.74, 6) is 0.844. The number of nitrogens with two attached hydrogens (primary N) is 1. The molecular formula is C11H15BrN4. The number of hydrogen-bond donors (Lipinski definition) is 1. The van der Waals surface area contributed by atoms with E-state index in [1.165, 1.54) is 0 Å². The molecule has 0 amide bonds. The van der Waals surface area contributed by atoms with Crippen LogP contribution >= 0.6 is 15.9 Å². The number of nitrogens with zero attached hydrogens (tertiary/aromatic N) is 3. The smallest absolute Gasteiger partial charge is 0.156 e. The van der Waals surface area contributed by atoms with E-state index in [-0.39, 0.29) is 5.54 Å². The molecule has 2 aromatic heterocycles. The van der Waals surface area contributed by atoms with Gasteiger partial charge in [0.1, 0.15) is 0 Å². The molecule has 2 N–H and O–H groups in total. The number of fused-ring (bicyclic) bond motifs is 1. The van der Waals surface area contributed by atoms with Crippen LogP contribution in [-0.4, -0.2) is 20.1 Å². The number of halogens is 1. The summed E-state index contributed by atoms with van der Waals surface area (Å²) < 4.78 is 2.79. The minimum Gasteiger partial charge on any atom is -0.326 e. The topological polar surface area (TPSA) is 56.2 Å². The fourth-order valence-electron chi connectivity index (χ4n) is 1.44. The third kappa shape index (κ3) is 2.80. The van der Waals surface area contributed by atoms with Crippen molar-refractivity contribution in [1.29, 1.82) is 0 Å². The highest BCUT2D eigenvalue weighted by atomic mass is 79.9. The molecule has 0 saturated heterocycles. The van der Waals surface area contributed by atoms with Gasteiger partial charge in [-0.3, -0.25) is 0 Å². The van der Waals surface area contributed by atoms with Gasteiger partial charge in [-0.25, -0.2) is 9.50 Å². The van der Waals surface area contributed by atoms with E-state index in [2.05, 4.69) is 26.0 Å². The van der Waals surface area contributed by atoms with Crippen LogP contribution in [0.4, 0.5) is 0 Å². The number of rotatable bonds is 3. The van der Waals surface area contributed by atoms with Crippen molar-refractivity contribution < 1.29 is 0 Å². The molecule has 0 aromatic carbocycles. The molecule has 2 aromatic rings. The Morgan fingerprint density at radius 3 is 2.94 bits per heavy atom. The maximum absolute atomic E-state index is 5.93. The van der Waals surface area contributed by atoms with Gasteiger partial charge in [0.2, 0.25) is 0 Å². The summed E-state index contributed by atoms with van der Waals surface area (Å²) in [5.41, 5.74) is 6.62. The maximum atomic E-state index is 5.93. The van der Waals surface area contributed by atoms with E-state index in [0.717, 1.165) is 28.8 Å². The third-order valence-electron chi connectivity index (χ3n) is 2.34. The van der Waals surface area contributed by atoms with Gasteiger partial charge in [-0.05, 0) is 32.4 Å². The first-order chi connectivity index (χ1) is 7.44. The first-order valence-electron chi connectivity index (χ1n) is 5.24. The molecule has 0 aliphatic carbocycles. The average Bonchev–Trinajstić information content (AvgIpc) is 2.55. The molecular weight excluding hydrogens is 268 g/mol. The Morgan fingerprint density at radius 2 is 2.25 bits per heavy atom. The Morgan fingerprint density at radius 1 is 1.50 bits per heavy atom. The lowest BCUT2D eigenvalue weighted by molar-refractivity contribution is 0.471. The van der Waals surface area contributed by atoms with Crippen LogP contribution in [0.2, 0.25) is 0 Å². The van der Waals surface area contributed by atoms with Crippen molar-refractivity contribution in [1.82, 2.24) is 14.6 Å². The van der Waals surface area contributed by atoms with Crippen LogP contribution in [0.5, 0.6) is 0 Å². The van der Waals surface area contributed by atoms with Crippen molar-refractivity contribution in [3.8, 4) is 0 Å². The molecule has 86 valence electrons. The summed E-state index contributed by atoms with van der Waals surface area (Å²) in [6.45, 7) is 4.03. The number of pyridine rings is 1. The molecule has 0 bridgehead atoms. The average molecular weight is 283 g/mol. The van der Waals surface area contributed by atoms with Crippen LogP contribution < -0.4 is 5.73 Å². The van der Waals surface area contributed by atoms with Gasteiger partial charge in [0.25, 0.3) is 0 Å². The molecule has 0 radical (unpaired) electrons. The zero-order valence-electron chi connectivity index (χ0n) is 9.44. The van der Waals surface area contributed by atoms with Crippen LogP contribution in [0.1, 0.15) is 26.1 Å². The van der Waals surface area contributed by atoms with E-state index in [0.29, 0.717) is 0 Å². The van der Waals surface area contributed by atoms with Gasteiger partial charge in [0.15, 0.2) is 11.5 Å². The van der Waals surface area contributed by atoms with E-state index in [1.54, 1.807) is 4.52 Å². The Bertz CT molecular complexity index is 498. The SMILES string of the molecule is CC(C)(N)CCc1nc2cc(Br)ccn2n1. The molecule has 0 saturated carbocycles. The molecule has 0 aliphatic rings. The summed E-state index contributed by atoms with van der Waals surface area (Å²) in [7, 11) is 0. The highest BCUT2D eigenvalue weighted by Gasteiger charge is 2.12. The molecule has 4 nitrogen and oxygen atoms in total. The fourth-order valence-corrected chi connectivity index (χ4v) is 1.77. The van der Waals surface area contributed by atoms with Crippen LogP contribution in [0.25, 0.3) is 5.65 Å². The molecule has 0 spiro atoms. The molecule has 2 heterocycles. The quantitative estimate of drug-likeness (QED) is 0.939. The lowest BCUT2D eigenvalue weighted by atomic mass is 10.0. The molecule has 16 heavy (non-hydrogen) atoms. The van der Waals surface area contributed by atoms with Crippen molar-refractivity contribution in [3.05, 3.63) is 28.6 Å². The maximum Gasteiger partial charge on any atom is 0.156 e. The first kappa shape index (κ1) is 11.5. The summed E-state index contributed by atoms with van der Waals surface area (Å²) in [5, 5.41) is 4.39. The summed E-state index contributed by atoms with van der Waals surface area (Å²) in [6.07, 6.45) is 3.58. The van der Waals surface area contributed by atoms with E-state index in [9.17, 15) is 0 Å². The van der Waals surface area contributed by atoms with Gasteiger partial charge < -0.3 is 5.73 Å². The number of aromatic nitrogens is 3. The van der Waals surface area contributed by atoms with E-state index < -0.39 is 0 Å². The van der Waals surface area contributed by atoms with Crippen molar-refractivity contribution >= 4 is 21.6 Å². The second-order valence-corrected chi connectivity index (χ2v) is 5.58. The van der Waals surface area contributed by atoms with E-state index in [4.69, 9.17) is 5.73 Å². The van der Waals surface area contributed by atoms with Gasteiger partial charge in [-0.15, -0.1) is 0 Å².